The molecule has 0 radical (unpaired) electrons. The minimum Gasteiger partial charge on any atom is -0.483 e. The van der Waals surface area contributed by atoms with Crippen LogP contribution in [0, 0.1) is 5.92 Å². The second kappa shape index (κ2) is 9.46. The Bertz CT molecular complexity index is 1260. The molecule has 178 valence electrons. The molecule has 2 bridgehead atoms. The number of piperidine rings is 1. The SMILES string of the molecule is O=C(c1cccc2ccoc12)N1C[C@@H]2C[C@H](C1)c1ccc(CN3CCCC3)c(=O)n1C2.O=CO. The smallest absolute Gasteiger partial charge is 0.290 e. The molecule has 0 saturated carbocycles. The van der Waals surface area contributed by atoms with Gasteiger partial charge in [0.15, 0.2) is 0 Å². The van der Waals surface area contributed by atoms with Gasteiger partial charge in [0.25, 0.3) is 17.9 Å². The molecule has 1 N–H and O–H groups in total. The molecule has 2 aromatic heterocycles. The van der Waals surface area contributed by atoms with Gasteiger partial charge in [-0.3, -0.25) is 19.3 Å². The summed E-state index contributed by atoms with van der Waals surface area (Å²) in [6.45, 7) is 4.73. The molecule has 3 aliphatic heterocycles. The van der Waals surface area contributed by atoms with Gasteiger partial charge in [0, 0.05) is 48.7 Å². The summed E-state index contributed by atoms with van der Waals surface area (Å²) in [6.07, 6.45) is 5.13. The number of benzene rings is 1. The van der Waals surface area contributed by atoms with Gasteiger partial charge in [0.2, 0.25) is 0 Å². The summed E-state index contributed by atoms with van der Waals surface area (Å²) in [5.41, 5.74) is 3.44. The average Bonchev–Trinajstić information content (AvgIpc) is 3.53. The lowest BCUT2D eigenvalue weighted by Crippen LogP contribution is -2.49. The molecule has 8 heteroatoms. The number of aromatic nitrogens is 1. The van der Waals surface area contributed by atoms with Crippen LogP contribution >= 0.6 is 0 Å². The van der Waals surface area contributed by atoms with E-state index in [0.717, 1.165) is 42.7 Å². The molecular weight excluding hydrogens is 434 g/mol. The maximum Gasteiger partial charge on any atom is 0.290 e. The lowest BCUT2D eigenvalue weighted by molar-refractivity contribution is -0.122. The summed E-state index contributed by atoms with van der Waals surface area (Å²) >= 11 is 0. The van der Waals surface area contributed by atoms with Crippen LogP contribution in [0.4, 0.5) is 0 Å². The predicted octanol–water partition coefficient (Wildman–Crippen LogP) is 3.15. The van der Waals surface area contributed by atoms with Crippen molar-refractivity contribution in [3.63, 3.8) is 0 Å². The Morgan fingerprint density at radius 3 is 2.68 bits per heavy atom. The number of pyridine rings is 1. The van der Waals surface area contributed by atoms with Crippen LogP contribution in [0.1, 0.15) is 46.8 Å². The Balaban J connectivity index is 0.000000764. The van der Waals surface area contributed by atoms with Gasteiger partial charge in [-0.15, -0.1) is 0 Å². The maximum absolute atomic E-state index is 13.4. The summed E-state index contributed by atoms with van der Waals surface area (Å²) in [5.74, 6) is 0.545. The number of carbonyl (C=O) groups is 2. The van der Waals surface area contributed by atoms with Crippen LogP contribution in [0.25, 0.3) is 11.0 Å². The average molecular weight is 464 g/mol. The van der Waals surface area contributed by atoms with Gasteiger partial charge in [0.05, 0.1) is 11.8 Å². The number of hydrogen-bond donors (Lipinski definition) is 1. The number of carboxylic acid groups (broad SMARTS) is 1. The first kappa shape index (κ1) is 22.4. The highest BCUT2D eigenvalue weighted by atomic mass is 16.3. The summed E-state index contributed by atoms with van der Waals surface area (Å²) in [5, 5.41) is 7.84. The van der Waals surface area contributed by atoms with Crippen molar-refractivity contribution in [1.29, 1.82) is 0 Å². The van der Waals surface area contributed by atoms with Crippen molar-refractivity contribution in [2.75, 3.05) is 26.2 Å². The fourth-order valence-electron chi connectivity index (χ4n) is 5.79. The number of nitrogens with zero attached hydrogens (tertiary/aromatic N) is 3. The molecule has 0 aliphatic carbocycles. The number of fused-ring (bicyclic) bond motifs is 5. The Labute approximate surface area is 197 Å². The van der Waals surface area contributed by atoms with Crippen molar-refractivity contribution in [2.45, 2.75) is 38.3 Å². The highest BCUT2D eigenvalue weighted by Gasteiger charge is 2.37. The van der Waals surface area contributed by atoms with Crippen molar-refractivity contribution < 1.29 is 19.1 Å². The Morgan fingerprint density at radius 1 is 1.09 bits per heavy atom. The fourth-order valence-corrected chi connectivity index (χ4v) is 5.79. The zero-order valence-corrected chi connectivity index (χ0v) is 19.1. The van der Waals surface area contributed by atoms with Crippen molar-refractivity contribution in [3.05, 3.63) is 69.8 Å². The van der Waals surface area contributed by atoms with Gasteiger partial charge >= 0.3 is 0 Å². The number of furan rings is 1. The van der Waals surface area contributed by atoms with E-state index >= 15 is 0 Å². The Hall–Kier alpha value is -3.39. The number of rotatable bonds is 3. The molecule has 6 rings (SSSR count). The molecule has 2 atom stereocenters. The summed E-state index contributed by atoms with van der Waals surface area (Å²) < 4.78 is 7.60. The van der Waals surface area contributed by atoms with Gasteiger partial charge in [-0.25, -0.2) is 0 Å². The molecule has 1 aromatic carbocycles. The van der Waals surface area contributed by atoms with E-state index in [1.807, 2.05) is 39.8 Å². The highest BCUT2D eigenvalue weighted by molar-refractivity contribution is 6.04. The molecular formula is C26H29N3O5. The molecule has 8 nitrogen and oxygen atoms in total. The first-order chi connectivity index (χ1) is 16.6. The molecule has 0 spiro atoms. The normalized spacial score (nSPS) is 21.6. The topological polar surface area (TPSA) is 96.0 Å². The van der Waals surface area contributed by atoms with Crippen LogP contribution < -0.4 is 5.56 Å². The van der Waals surface area contributed by atoms with Gasteiger partial charge in [0.1, 0.15) is 5.58 Å². The molecule has 2 fully saturated rings. The third-order valence-electron chi connectivity index (χ3n) is 7.27. The van der Waals surface area contributed by atoms with Gasteiger partial charge in [-0.1, -0.05) is 18.2 Å². The second-order valence-corrected chi connectivity index (χ2v) is 9.44. The number of carbonyl (C=O) groups excluding carboxylic acids is 1. The first-order valence-electron chi connectivity index (χ1n) is 11.9. The van der Waals surface area contributed by atoms with Gasteiger partial charge in [-0.2, -0.15) is 0 Å². The van der Waals surface area contributed by atoms with Crippen LogP contribution in [0.15, 0.2) is 51.9 Å². The molecule has 1 amide bonds. The Kier molecular flexibility index (Phi) is 6.24. The van der Waals surface area contributed by atoms with Crippen molar-refractivity contribution >= 4 is 23.3 Å². The van der Waals surface area contributed by atoms with E-state index < -0.39 is 0 Å². The summed E-state index contributed by atoms with van der Waals surface area (Å²) in [4.78, 5) is 39.3. The molecule has 3 aromatic rings. The highest BCUT2D eigenvalue weighted by Crippen LogP contribution is 2.36. The monoisotopic (exact) mass is 463 g/mol. The lowest BCUT2D eigenvalue weighted by atomic mass is 9.82. The standard InChI is InChI=1S/C25H27N3O3.CH2O2/c29-24-19(15-26-9-1-2-10-26)6-7-22-20-12-17(14-28(22)24)13-27(16-20)25(30)21-5-3-4-18-8-11-31-23(18)21;2-1-3/h3-8,11,17,20H,1-2,9-10,12-16H2;1H,(H,2,3)/t17-,20+;/m0./s1. The number of likely N-dealkylation sites (tertiary alicyclic amines) is 2. The van der Waals surface area contributed by atoms with Gasteiger partial charge in [-0.05, 0) is 56.5 Å². The first-order valence-corrected chi connectivity index (χ1v) is 11.9. The van der Waals surface area contributed by atoms with E-state index in [-0.39, 0.29) is 23.9 Å². The second-order valence-electron chi connectivity index (χ2n) is 9.44. The van der Waals surface area contributed by atoms with Crippen molar-refractivity contribution in [1.82, 2.24) is 14.4 Å². The third-order valence-corrected chi connectivity index (χ3v) is 7.27. The van der Waals surface area contributed by atoms with Crippen LogP contribution in [0.5, 0.6) is 0 Å². The number of hydrogen-bond acceptors (Lipinski definition) is 5. The maximum atomic E-state index is 13.4. The lowest BCUT2D eigenvalue weighted by Gasteiger charge is -2.43. The molecule has 5 heterocycles. The molecule has 34 heavy (non-hydrogen) atoms. The predicted molar refractivity (Wildman–Crippen MR) is 127 cm³/mol. The molecule has 2 saturated heterocycles. The number of para-hydroxylation sites is 1. The van der Waals surface area contributed by atoms with Crippen molar-refractivity contribution in [3.8, 4) is 0 Å². The third kappa shape index (κ3) is 4.14. The van der Waals surface area contributed by atoms with Crippen LogP contribution in [0.2, 0.25) is 0 Å². The fraction of sp³-hybridized carbons (Fsp3) is 0.423. The summed E-state index contributed by atoms with van der Waals surface area (Å²) in [6, 6.07) is 11.8. The zero-order valence-electron chi connectivity index (χ0n) is 19.1. The van der Waals surface area contributed by atoms with Crippen LogP contribution in [-0.2, 0) is 17.9 Å². The van der Waals surface area contributed by atoms with Crippen molar-refractivity contribution in [2.24, 2.45) is 5.92 Å². The van der Waals surface area contributed by atoms with E-state index in [2.05, 4.69) is 11.0 Å². The molecule has 3 aliphatic rings. The van der Waals surface area contributed by atoms with Crippen LogP contribution in [-0.4, -0.2) is 58.0 Å². The molecule has 0 unspecified atom stereocenters. The van der Waals surface area contributed by atoms with E-state index in [1.54, 1.807) is 6.26 Å². The number of amides is 1. The Morgan fingerprint density at radius 2 is 1.88 bits per heavy atom. The minimum absolute atomic E-state index is 0.0247. The van der Waals surface area contributed by atoms with Gasteiger partial charge < -0.3 is 19.0 Å². The van der Waals surface area contributed by atoms with E-state index in [4.69, 9.17) is 14.3 Å². The quantitative estimate of drug-likeness (QED) is 0.600. The zero-order chi connectivity index (χ0) is 23.7. The van der Waals surface area contributed by atoms with Crippen LogP contribution in [0.3, 0.4) is 0 Å². The largest absolute Gasteiger partial charge is 0.483 e. The summed E-state index contributed by atoms with van der Waals surface area (Å²) in [7, 11) is 0. The van der Waals surface area contributed by atoms with E-state index in [0.29, 0.717) is 36.7 Å². The van der Waals surface area contributed by atoms with E-state index in [1.165, 1.54) is 12.8 Å². The minimum atomic E-state index is -0.250. The van der Waals surface area contributed by atoms with E-state index in [9.17, 15) is 9.59 Å².